The molecule has 5 rings (SSSR count). The second-order valence-corrected chi connectivity index (χ2v) is 9.56. The Morgan fingerprint density at radius 3 is 2.68 bits per heavy atom. The molecule has 1 fully saturated rings. The minimum Gasteiger partial charge on any atom is -0.379 e. The number of nitrogens with one attached hydrogen (secondary N) is 3. The Morgan fingerprint density at radius 2 is 1.93 bits per heavy atom. The van der Waals surface area contributed by atoms with Crippen LogP contribution in [0.1, 0.15) is 28.5 Å². The number of halogens is 2. The van der Waals surface area contributed by atoms with Crippen LogP contribution in [0.25, 0.3) is 0 Å². The summed E-state index contributed by atoms with van der Waals surface area (Å²) < 4.78 is 32.9. The van der Waals surface area contributed by atoms with Gasteiger partial charge in [-0.3, -0.25) is 19.6 Å². The first-order valence-corrected chi connectivity index (χ1v) is 13.1. The summed E-state index contributed by atoms with van der Waals surface area (Å²) in [5.74, 6) is -2.16. The number of amides is 1. The Hall–Kier alpha value is -4.56. The average molecular weight is 565 g/mol. The molecule has 41 heavy (non-hydrogen) atoms. The molecule has 1 aliphatic rings. The van der Waals surface area contributed by atoms with Crippen LogP contribution in [0.2, 0.25) is 0 Å². The van der Waals surface area contributed by atoms with Crippen molar-refractivity contribution in [3.05, 3.63) is 72.1 Å². The van der Waals surface area contributed by atoms with Crippen molar-refractivity contribution in [2.45, 2.75) is 19.8 Å². The standard InChI is InChI=1S/C27H30F2N10O2/c1-18-3-4-20(36-25(40)19-5-6-30-22(13-19)27(2,28)29)14-21(18)39(26-34-17-35-37-26)24-15-23(32-16-33-24)31-7-8-38-9-11-41-12-10-38/h3-6,13-17H,7-12H2,1-2H3,(H,36,40)(H,31,32,33)(H,34,35,37). The van der Waals surface area contributed by atoms with Gasteiger partial charge in [-0.1, -0.05) is 6.07 Å². The van der Waals surface area contributed by atoms with Crippen molar-refractivity contribution in [3.8, 4) is 0 Å². The van der Waals surface area contributed by atoms with Crippen LogP contribution in [-0.4, -0.2) is 80.3 Å². The monoisotopic (exact) mass is 564 g/mol. The number of hydrogen-bond acceptors (Lipinski definition) is 10. The minimum atomic E-state index is -3.17. The Kier molecular flexibility index (Phi) is 8.40. The van der Waals surface area contributed by atoms with Crippen LogP contribution in [0, 0.1) is 6.92 Å². The number of carbonyl (C=O) groups is 1. The lowest BCUT2D eigenvalue weighted by Gasteiger charge is -2.26. The number of hydrogen-bond donors (Lipinski definition) is 3. The fourth-order valence-electron chi connectivity index (χ4n) is 4.33. The van der Waals surface area contributed by atoms with E-state index in [2.05, 4.69) is 45.7 Å². The molecule has 1 saturated heterocycles. The predicted octanol–water partition coefficient (Wildman–Crippen LogP) is 3.88. The molecular formula is C27H30F2N10O2. The number of nitrogens with zero attached hydrogens (tertiary/aromatic N) is 7. The van der Waals surface area contributed by atoms with E-state index in [9.17, 15) is 13.6 Å². The van der Waals surface area contributed by atoms with Gasteiger partial charge in [0.1, 0.15) is 30.0 Å². The molecule has 0 radical (unpaired) electrons. The maximum Gasteiger partial charge on any atom is 0.286 e. The number of anilines is 5. The number of aromatic nitrogens is 6. The molecule has 4 aromatic rings. The smallest absolute Gasteiger partial charge is 0.286 e. The third-order valence-corrected chi connectivity index (χ3v) is 6.51. The number of ether oxygens (including phenoxy) is 1. The van der Waals surface area contributed by atoms with Crippen molar-refractivity contribution in [1.29, 1.82) is 0 Å². The minimum absolute atomic E-state index is 0.0642. The summed E-state index contributed by atoms with van der Waals surface area (Å²) in [6, 6.07) is 9.57. The van der Waals surface area contributed by atoms with Gasteiger partial charge >= 0.3 is 0 Å². The number of morpholine rings is 1. The molecule has 1 amide bonds. The number of aryl methyl sites for hydroxylation is 1. The molecular weight excluding hydrogens is 534 g/mol. The van der Waals surface area contributed by atoms with Crippen LogP contribution in [0.4, 0.5) is 37.7 Å². The number of H-pyrrole nitrogens is 1. The van der Waals surface area contributed by atoms with E-state index in [-0.39, 0.29) is 5.56 Å². The first-order valence-electron chi connectivity index (χ1n) is 13.1. The van der Waals surface area contributed by atoms with E-state index in [1.54, 1.807) is 23.1 Å². The van der Waals surface area contributed by atoms with Crippen molar-refractivity contribution >= 4 is 34.9 Å². The summed E-state index contributed by atoms with van der Waals surface area (Å²) in [7, 11) is 0. The number of carbonyl (C=O) groups excluding carboxylic acids is 1. The molecule has 0 atom stereocenters. The fourth-order valence-corrected chi connectivity index (χ4v) is 4.33. The van der Waals surface area contributed by atoms with E-state index >= 15 is 0 Å². The van der Waals surface area contributed by atoms with E-state index in [4.69, 9.17) is 4.74 Å². The molecule has 1 aliphatic heterocycles. The quantitative estimate of drug-likeness (QED) is 0.260. The third kappa shape index (κ3) is 6.96. The van der Waals surface area contributed by atoms with Crippen molar-refractivity contribution in [3.63, 3.8) is 0 Å². The summed E-state index contributed by atoms with van der Waals surface area (Å²) in [4.78, 5) is 33.9. The molecule has 0 aliphatic carbocycles. The van der Waals surface area contributed by atoms with Crippen molar-refractivity contribution in [2.24, 2.45) is 0 Å². The van der Waals surface area contributed by atoms with Crippen molar-refractivity contribution < 1.29 is 18.3 Å². The van der Waals surface area contributed by atoms with Gasteiger partial charge in [-0.15, -0.1) is 0 Å². The summed E-state index contributed by atoms with van der Waals surface area (Å²) in [6.45, 7) is 7.46. The van der Waals surface area contributed by atoms with Crippen LogP contribution >= 0.6 is 0 Å². The summed E-state index contributed by atoms with van der Waals surface area (Å²) in [6.07, 6.45) is 4.04. The van der Waals surface area contributed by atoms with Gasteiger partial charge in [0.15, 0.2) is 0 Å². The number of pyridine rings is 1. The first-order chi connectivity index (χ1) is 19.8. The van der Waals surface area contributed by atoms with E-state index in [0.717, 1.165) is 51.4 Å². The maximum absolute atomic E-state index is 13.8. The molecule has 12 nitrogen and oxygen atoms in total. The van der Waals surface area contributed by atoms with Crippen molar-refractivity contribution in [2.75, 3.05) is 54.9 Å². The molecule has 14 heteroatoms. The zero-order valence-electron chi connectivity index (χ0n) is 22.6. The SMILES string of the molecule is Cc1ccc(NC(=O)c2ccnc(C(C)(F)F)c2)cc1N(c1cc(NCCN2CCOCC2)ncn1)c1ncn[nH]1. The Morgan fingerprint density at radius 1 is 1.10 bits per heavy atom. The predicted molar refractivity (Wildman–Crippen MR) is 149 cm³/mol. The Bertz CT molecular complexity index is 1470. The topological polar surface area (TPSA) is 137 Å². The molecule has 3 N–H and O–H groups in total. The highest BCUT2D eigenvalue weighted by atomic mass is 19.3. The summed E-state index contributed by atoms with van der Waals surface area (Å²) >= 11 is 0. The van der Waals surface area contributed by atoms with E-state index < -0.39 is 17.5 Å². The summed E-state index contributed by atoms with van der Waals surface area (Å²) in [5, 5.41) is 13.0. The molecule has 0 unspecified atom stereocenters. The molecule has 214 valence electrons. The average Bonchev–Trinajstić information content (AvgIpc) is 3.50. The van der Waals surface area contributed by atoms with Gasteiger partial charge < -0.3 is 15.4 Å². The molecule has 3 aromatic heterocycles. The van der Waals surface area contributed by atoms with Crippen LogP contribution in [0.15, 0.2) is 55.2 Å². The number of rotatable bonds is 10. The highest BCUT2D eigenvalue weighted by Crippen LogP contribution is 2.35. The molecule has 4 heterocycles. The number of alkyl halides is 2. The van der Waals surface area contributed by atoms with Gasteiger partial charge in [-0.2, -0.15) is 18.9 Å². The van der Waals surface area contributed by atoms with Gasteiger partial charge in [0.2, 0.25) is 5.95 Å². The normalized spacial score (nSPS) is 14.0. The largest absolute Gasteiger partial charge is 0.379 e. The van der Waals surface area contributed by atoms with Gasteiger partial charge in [0.05, 0.1) is 18.9 Å². The van der Waals surface area contributed by atoms with Gasteiger partial charge in [0, 0.05) is 56.6 Å². The second kappa shape index (κ2) is 12.3. The summed E-state index contributed by atoms with van der Waals surface area (Å²) in [5.41, 5.74) is 1.54. The van der Waals surface area contributed by atoms with Gasteiger partial charge in [-0.05, 0) is 36.8 Å². The zero-order valence-corrected chi connectivity index (χ0v) is 22.6. The highest BCUT2D eigenvalue weighted by molar-refractivity contribution is 6.04. The van der Waals surface area contributed by atoms with Crippen LogP contribution in [-0.2, 0) is 10.7 Å². The van der Waals surface area contributed by atoms with Crippen molar-refractivity contribution in [1.82, 2.24) is 35.0 Å². The molecule has 0 bridgehead atoms. The fraction of sp³-hybridized carbons (Fsp3) is 0.333. The lowest BCUT2D eigenvalue weighted by atomic mass is 10.1. The number of benzene rings is 1. The Balaban J connectivity index is 1.38. The molecule has 0 saturated carbocycles. The Labute approximate surface area is 235 Å². The third-order valence-electron chi connectivity index (χ3n) is 6.51. The lowest BCUT2D eigenvalue weighted by molar-refractivity contribution is 0.0127. The molecule has 1 aromatic carbocycles. The first kappa shape index (κ1) is 28.0. The number of aromatic amines is 1. The second-order valence-electron chi connectivity index (χ2n) is 9.56. The highest BCUT2D eigenvalue weighted by Gasteiger charge is 2.27. The van der Waals surface area contributed by atoms with Crippen LogP contribution in [0.5, 0.6) is 0 Å². The lowest BCUT2D eigenvalue weighted by Crippen LogP contribution is -2.39. The van der Waals surface area contributed by atoms with E-state index in [1.165, 1.54) is 24.9 Å². The van der Waals surface area contributed by atoms with Crippen LogP contribution in [0.3, 0.4) is 0 Å². The van der Waals surface area contributed by atoms with E-state index in [0.29, 0.717) is 35.5 Å². The zero-order chi connectivity index (χ0) is 28.8. The van der Waals surface area contributed by atoms with Gasteiger partial charge in [0.25, 0.3) is 11.8 Å². The maximum atomic E-state index is 13.8. The van der Waals surface area contributed by atoms with Crippen LogP contribution < -0.4 is 15.5 Å². The molecule has 0 spiro atoms. The van der Waals surface area contributed by atoms with E-state index in [1.807, 2.05) is 13.0 Å². The van der Waals surface area contributed by atoms with Gasteiger partial charge in [-0.25, -0.2) is 15.1 Å².